The molecule has 40 heavy (non-hydrogen) atoms. The number of para-hydroxylation sites is 2. The van der Waals surface area contributed by atoms with E-state index >= 15 is 0 Å². The third kappa shape index (κ3) is 9.41. The second kappa shape index (κ2) is 17.1. The summed E-state index contributed by atoms with van der Waals surface area (Å²) in [5, 5.41) is 0. The van der Waals surface area contributed by atoms with Gasteiger partial charge in [0, 0.05) is 25.4 Å². The number of rotatable bonds is 12. The van der Waals surface area contributed by atoms with Crippen molar-refractivity contribution < 1.29 is 66.4 Å². The summed E-state index contributed by atoms with van der Waals surface area (Å²) >= 11 is 0. The first-order chi connectivity index (χ1) is 18.7. The molecule has 2 heterocycles. The third-order valence-corrected chi connectivity index (χ3v) is 6.70. The molecule has 0 aliphatic carbocycles. The number of nitrogens with zero attached hydrogens (tertiary/aromatic N) is 3. The molecule has 3 rings (SSSR count). The minimum absolute atomic E-state index is 0. The smallest absolute Gasteiger partial charge is 0.748 e. The van der Waals surface area contributed by atoms with Crippen LogP contribution in [0, 0.1) is 0 Å². The molecule has 11 nitrogen and oxygen atoms in total. The maximum absolute atomic E-state index is 13.0. The Morgan fingerprint density at radius 2 is 1.38 bits per heavy atom. The van der Waals surface area contributed by atoms with Crippen LogP contribution in [0.3, 0.4) is 0 Å². The maximum atomic E-state index is 13.0. The van der Waals surface area contributed by atoms with E-state index in [1.165, 1.54) is 12.2 Å². The number of barbiturate groups is 1. The third-order valence-electron chi connectivity index (χ3n) is 5.91. The van der Waals surface area contributed by atoms with E-state index in [1.807, 2.05) is 32.8 Å². The van der Waals surface area contributed by atoms with Gasteiger partial charge in [0.2, 0.25) is 5.88 Å². The number of allylic oxidation sites excluding steroid dienone is 4. The van der Waals surface area contributed by atoms with Gasteiger partial charge in [0.25, 0.3) is 11.8 Å². The molecule has 0 saturated carbocycles. The van der Waals surface area contributed by atoms with Crippen LogP contribution in [0.5, 0.6) is 5.75 Å². The average Bonchev–Trinajstić information content (AvgIpc) is 3.26. The standard InChI is InChI=1S/C26H33N3O7S.CH2O.Na/c1-3-5-16-28-24(30)20(25(31)29(26(28)32)17-6-4-2)12-7-10-15-23-27(18-11-19-37(33,34)35)21-13-8-9-14-22(21)36-23;1-2;/h7-10,12-15H,3-6,11,16-19H2,1-2H3,(H,33,34,35);1H2;/q;;+1/p-1/b10-7+,23-15-;;. The molecule has 1 fully saturated rings. The Labute approximate surface area is 257 Å². The van der Waals surface area contributed by atoms with Gasteiger partial charge < -0.3 is 19.0 Å². The second-order valence-corrected chi connectivity index (χ2v) is 10.2. The fraction of sp³-hybridized carbons (Fsp3) is 0.407. The number of urea groups is 1. The van der Waals surface area contributed by atoms with Crippen molar-refractivity contribution in [2.45, 2.75) is 46.0 Å². The predicted octanol–water partition coefficient (Wildman–Crippen LogP) is 0.355. The van der Waals surface area contributed by atoms with Gasteiger partial charge in [-0.1, -0.05) is 51.0 Å². The summed E-state index contributed by atoms with van der Waals surface area (Å²) in [5.41, 5.74) is 0.646. The van der Waals surface area contributed by atoms with Crippen LogP contribution in [0.1, 0.15) is 46.0 Å². The SMILES string of the molecule is C=O.CCCCN1C(=O)C(=C/C=C/C=C2\Oc3ccccc3N2CCCS(=O)(=O)[O-])C(=O)N(CCCC)C1=O.[Na+]. The van der Waals surface area contributed by atoms with Crippen LogP contribution >= 0.6 is 0 Å². The van der Waals surface area contributed by atoms with Crippen LogP contribution in [0.15, 0.2) is 60.0 Å². The fourth-order valence-electron chi connectivity index (χ4n) is 3.97. The van der Waals surface area contributed by atoms with Gasteiger partial charge in [-0.25, -0.2) is 13.2 Å². The summed E-state index contributed by atoms with van der Waals surface area (Å²) in [6.45, 7) is 6.65. The van der Waals surface area contributed by atoms with E-state index in [0.29, 0.717) is 24.5 Å². The Hall–Kier alpha value is -2.77. The Balaban J connectivity index is 0.00000261. The number of imide groups is 2. The first kappa shape index (κ1) is 35.3. The second-order valence-electron chi connectivity index (χ2n) is 8.71. The number of amides is 4. The van der Waals surface area contributed by atoms with Crippen LogP contribution < -0.4 is 39.2 Å². The number of anilines is 1. The van der Waals surface area contributed by atoms with Gasteiger partial charge in [-0.15, -0.1) is 0 Å². The number of hydrogen-bond donors (Lipinski definition) is 0. The van der Waals surface area contributed by atoms with E-state index in [0.717, 1.165) is 28.3 Å². The van der Waals surface area contributed by atoms with Crippen LogP contribution in [0.2, 0.25) is 0 Å². The van der Waals surface area contributed by atoms with Gasteiger partial charge in [-0.3, -0.25) is 19.4 Å². The summed E-state index contributed by atoms with van der Waals surface area (Å²) < 4.78 is 38.9. The molecule has 2 aliphatic rings. The summed E-state index contributed by atoms with van der Waals surface area (Å²) in [6, 6.07) is 6.63. The number of unbranched alkanes of at least 4 members (excludes halogenated alkanes) is 2. The number of carbonyl (C=O) groups is 4. The molecule has 1 aromatic rings. The maximum Gasteiger partial charge on any atom is 1.00 e. The molecule has 1 saturated heterocycles. The van der Waals surface area contributed by atoms with Crippen molar-refractivity contribution >= 4 is 40.4 Å². The Morgan fingerprint density at radius 3 is 1.93 bits per heavy atom. The Kier molecular flexibility index (Phi) is 15.1. The zero-order valence-corrected chi connectivity index (χ0v) is 26.0. The molecule has 0 unspecified atom stereocenters. The zero-order valence-electron chi connectivity index (χ0n) is 23.2. The minimum atomic E-state index is -4.33. The fourth-order valence-corrected chi connectivity index (χ4v) is 4.45. The predicted molar refractivity (Wildman–Crippen MR) is 145 cm³/mol. The molecule has 0 radical (unpaired) electrons. The molecular weight excluding hydrogens is 549 g/mol. The van der Waals surface area contributed by atoms with Crippen LogP contribution in [0.25, 0.3) is 0 Å². The van der Waals surface area contributed by atoms with Crippen molar-refractivity contribution in [2.24, 2.45) is 0 Å². The van der Waals surface area contributed by atoms with E-state index in [1.54, 1.807) is 29.2 Å². The van der Waals surface area contributed by atoms with Crippen LogP contribution in [-0.2, 0) is 24.5 Å². The summed E-state index contributed by atoms with van der Waals surface area (Å²) in [7, 11) is -4.33. The normalized spacial score (nSPS) is 16.1. The number of fused-ring (bicyclic) bond motifs is 1. The number of benzene rings is 1. The molecular formula is C27H34N3NaO8S. The molecule has 0 aromatic heterocycles. The monoisotopic (exact) mass is 583 g/mol. The zero-order chi connectivity index (χ0) is 29.0. The first-order valence-electron chi connectivity index (χ1n) is 12.7. The van der Waals surface area contributed by atoms with E-state index in [9.17, 15) is 27.4 Å². The average molecular weight is 584 g/mol. The molecule has 1 aromatic carbocycles. The van der Waals surface area contributed by atoms with E-state index in [2.05, 4.69) is 0 Å². The van der Waals surface area contributed by atoms with Crippen LogP contribution in [0.4, 0.5) is 10.5 Å². The van der Waals surface area contributed by atoms with Gasteiger partial charge in [-0.05, 0) is 43.5 Å². The number of hydrogen-bond acceptors (Lipinski definition) is 9. The van der Waals surface area contributed by atoms with Gasteiger partial charge in [0.1, 0.15) is 12.4 Å². The topological polar surface area (TPSA) is 144 Å². The van der Waals surface area contributed by atoms with Crippen LogP contribution in [-0.4, -0.2) is 72.8 Å². The molecule has 13 heteroatoms. The van der Waals surface area contributed by atoms with Crippen molar-refractivity contribution in [1.82, 2.24) is 9.80 Å². The van der Waals surface area contributed by atoms with Gasteiger partial charge >= 0.3 is 35.6 Å². The summed E-state index contributed by atoms with van der Waals surface area (Å²) in [5.74, 6) is -0.728. The quantitative estimate of drug-likeness (QED) is 0.147. The Morgan fingerprint density at radius 1 is 0.850 bits per heavy atom. The summed E-state index contributed by atoms with van der Waals surface area (Å²) in [4.78, 5) is 50.7. The van der Waals surface area contributed by atoms with E-state index in [-0.39, 0.29) is 61.2 Å². The summed E-state index contributed by atoms with van der Waals surface area (Å²) in [6.07, 6.45) is 9.13. The molecule has 0 N–H and O–H groups in total. The van der Waals surface area contributed by atoms with E-state index in [4.69, 9.17) is 9.53 Å². The molecule has 2 aliphatic heterocycles. The van der Waals surface area contributed by atoms with Crippen molar-refractivity contribution in [2.75, 3.05) is 30.3 Å². The van der Waals surface area contributed by atoms with Crippen molar-refractivity contribution in [3.8, 4) is 5.75 Å². The molecule has 4 amide bonds. The molecule has 0 spiro atoms. The number of ether oxygens (including phenoxy) is 1. The van der Waals surface area contributed by atoms with Gasteiger partial charge in [-0.2, -0.15) is 0 Å². The van der Waals surface area contributed by atoms with Gasteiger partial charge in [0.05, 0.1) is 15.8 Å². The largest absolute Gasteiger partial charge is 1.00 e. The molecule has 212 valence electrons. The van der Waals surface area contributed by atoms with E-state index < -0.39 is 33.7 Å². The minimum Gasteiger partial charge on any atom is -0.748 e. The number of carbonyl (C=O) groups excluding carboxylic acids is 4. The Bertz CT molecular complexity index is 1210. The first-order valence-corrected chi connectivity index (χ1v) is 14.3. The van der Waals surface area contributed by atoms with Crippen molar-refractivity contribution in [3.63, 3.8) is 0 Å². The molecule has 0 atom stereocenters. The van der Waals surface area contributed by atoms with Gasteiger partial charge in [0.15, 0.2) is 5.75 Å². The van der Waals surface area contributed by atoms with Crippen molar-refractivity contribution in [3.05, 3.63) is 60.0 Å². The molecule has 0 bridgehead atoms. The van der Waals surface area contributed by atoms with Crippen molar-refractivity contribution in [1.29, 1.82) is 0 Å².